The number of nitrogens with two attached hydrogens (primary N) is 1. The molecule has 1 fully saturated rings. The van der Waals surface area contributed by atoms with Gasteiger partial charge in [-0.2, -0.15) is 10.4 Å². The number of aromatic nitrogens is 3. The first kappa shape index (κ1) is 23.2. The number of hydrogen-bond acceptors (Lipinski definition) is 6. The van der Waals surface area contributed by atoms with E-state index >= 15 is 0 Å². The lowest BCUT2D eigenvalue weighted by molar-refractivity contribution is -0.131. The Kier molecular flexibility index (Phi) is 6.21. The number of likely N-dealkylation sites (tertiary alicyclic amines) is 1. The highest BCUT2D eigenvalue weighted by Gasteiger charge is 2.30. The van der Waals surface area contributed by atoms with Crippen LogP contribution in [-0.4, -0.2) is 38.2 Å². The zero-order chi connectivity index (χ0) is 25.2. The van der Waals surface area contributed by atoms with Gasteiger partial charge >= 0.3 is 0 Å². The maximum absolute atomic E-state index is 14.0. The Labute approximate surface area is 205 Å². The molecule has 1 aliphatic rings. The molecule has 0 aliphatic carbocycles. The van der Waals surface area contributed by atoms with Crippen LogP contribution in [0.25, 0.3) is 22.2 Å². The summed E-state index contributed by atoms with van der Waals surface area (Å²) < 4.78 is 35.1. The zero-order valence-corrected chi connectivity index (χ0v) is 19.2. The van der Waals surface area contributed by atoms with Gasteiger partial charge in [0.05, 0.1) is 47.6 Å². The van der Waals surface area contributed by atoms with Crippen LogP contribution in [0.1, 0.15) is 19.3 Å². The minimum Gasteiger partial charge on any atom is -0.451 e. The Bertz CT molecular complexity index is 1460. The number of nitriles is 1. The number of nitrogens with zero attached hydrogens (tertiary/aromatic N) is 5. The van der Waals surface area contributed by atoms with Crippen molar-refractivity contribution in [1.82, 2.24) is 19.7 Å². The van der Waals surface area contributed by atoms with Crippen molar-refractivity contribution in [2.24, 2.45) is 0 Å². The van der Waals surface area contributed by atoms with E-state index in [2.05, 4.69) is 4.98 Å². The molecule has 5 rings (SSSR count). The molecular weight excluding hydrogens is 466 g/mol. The minimum atomic E-state index is -0.793. The number of rotatable bonds is 6. The number of pyridine rings is 1. The largest absolute Gasteiger partial charge is 0.451 e. The van der Waals surface area contributed by atoms with E-state index in [-0.39, 0.29) is 24.1 Å². The van der Waals surface area contributed by atoms with E-state index in [0.717, 1.165) is 36.1 Å². The number of ether oxygens (including phenoxy) is 1. The van der Waals surface area contributed by atoms with Crippen molar-refractivity contribution in [3.63, 3.8) is 0 Å². The molecule has 4 aromatic rings. The predicted octanol–water partition coefficient (Wildman–Crippen LogP) is 4.66. The van der Waals surface area contributed by atoms with Gasteiger partial charge in [-0.25, -0.2) is 8.78 Å². The monoisotopic (exact) mass is 488 g/mol. The summed E-state index contributed by atoms with van der Waals surface area (Å²) in [7, 11) is 0. The third kappa shape index (κ3) is 4.31. The number of amides is 1. The van der Waals surface area contributed by atoms with Crippen molar-refractivity contribution < 1.29 is 18.3 Å². The van der Waals surface area contributed by atoms with Crippen LogP contribution in [-0.2, 0) is 11.3 Å². The number of hydrogen-bond donors (Lipinski definition) is 1. The molecule has 1 atom stereocenters. The molecule has 8 nitrogen and oxygen atoms in total. The van der Waals surface area contributed by atoms with Crippen LogP contribution in [0.15, 0.2) is 54.9 Å². The molecule has 182 valence electrons. The van der Waals surface area contributed by atoms with Crippen LogP contribution in [0.2, 0.25) is 0 Å². The zero-order valence-electron chi connectivity index (χ0n) is 19.2. The van der Waals surface area contributed by atoms with E-state index in [1.165, 1.54) is 6.07 Å². The summed E-state index contributed by atoms with van der Waals surface area (Å²) in [6.07, 6.45) is 4.74. The fourth-order valence-electron chi connectivity index (χ4n) is 4.59. The summed E-state index contributed by atoms with van der Waals surface area (Å²) >= 11 is 0. The summed E-state index contributed by atoms with van der Waals surface area (Å²) in [6, 6.07) is 12.0. The van der Waals surface area contributed by atoms with E-state index in [0.29, 0.717) is 29.9 Å². The van der Waals surface area contributed by atoms with Gasteiger partial charge in [-0.1, -0.05) is 6.07 Å². The molecular formula is C26H22F2N6O2. The van der Waals surface area contributed by atoms with E-state index in [9.17, 15) is 13.6 Å². The molecule has 2 aromatic heterocycles. The van der Waals surface area contributed by atoms with Crippen LogP contribution >= 0.6 is 0 Å². The first-order valence-electron chi connectivity index (χ1n) is 11.4. The second-order valence-corrected chi connectivity index (χ2v) is 8.55. The topological polar surface area (TPSA) is 110 Å². The highest BCUT2D eigenvalue weighted by atomic mass is 19.1. The highest BCUT2D eigenvalue weighted by Crippen LogP contribution is 2.34. The van der Waals surface area contributed by atoms with Gasteiger partial charge in [0.1, 0.15) is 17.9 Å². The predicted molar refractivity (Wildman–Crippen MR) is 129 cm³/mol. The second-order valence-electron chi connectivity index (χ2n) is 8.55. The summed E-state index contributed by atoms with van der Waals surface area (Å²) in [5.74, 6) is -1.98. The Hall–Kier alpha value is -4.52. The van der Waals surface area contributed by atoms with Crippen molar-refractivity contribution in [3.05, 3.63) is 66.5 Å². The molecule has 36 heavy (non-hydrogen) atoms. The number of para-hydroxylation sites is 1. The van der Waals surface area contributed by atoms with Crippen molar-refractivity contribution in [2.45, 2.75) is 31.8 Å². The normalized spacial score (nSPS) is 15.2. The molecule has 0 unspecified atom stereocenters. The average Bonchev–Trinajstić information content (AvgIpc) is 3.48. The Morgan fingerprint density at radius 2 is 1.92 bits per heavy atom. The number of carbonyl (C=O) groups excluding carboxylic acids is 1. The average molecular weight is 488 g/mol. The molecule has 3 heterocycles. The first-order chi connectivity index (χ1) is 17.5. The lowest BCUT2D eigenvalue weighted by atomic mass is 10.1. The standard InChI is InChI=1S/C26H22F2N6O2/c27-19-4-1-5-20(28)26(19)36-18-8-6-16(7-9-18)25-24-21(30)13-31-14-22(24)34(32-25)15-17-3-2-12-33(17)23(35)10-11-29/h1,4-9,13-14,17H,2-3,10,12,15,30H2/t17-/m1/s1. The first-order valence-corrected chi connectivity index (χ1v) is 11.4. The third-order valence-corrected chi connectivity index (χ3v) is 6.27. The van der Waals surface area contributed by atoms with Gasteiger partial charge in [0.25, 0.3) is 0 Å². The molecule has 0 bridgehead atoms. The Balaban J connectivity index is 1.46. The number of anilines is 1. The SMILES string of the molecule is N#CCC(=O)N1CCC[C@@H]1Cn1nc(-c2ccc(Oc3c(F)cccc3F)cc2)c2c(N)cncc21. The van der Waals surface area contributed by atoms with E-state index in [1.54, 1.807) is 46.2 Å². The van der Waals surface area contributed by atoms with Gasteiger partial charge in [-0.15, -0.1) is 0 Å². The summed E-state index contributed by atoms with van der Waals surface area (Å²) in [5, 5.41) is 14.4. The van der Waals surface area contributed by atoms with E-state index in [4.69, 9.17) is 20.8 Å². The highest BCUT2D eigenvalue weighted by molar-refractivity contribution is 6.01. The Morgan fingerprint density at radius 3 is 2.64 bits per heavy atom. The van der Waals surface area contributed by atoms with E-state index < -0.39 is 17.4 Å². The van der Waals surface area contributed by atoms with Crippen LogP contribution in [0.5, 0.6) is 11.5 Å². The summed E-state index contributed by atoms with van der Waals surface area (Å²) in [4.78, 5) is 18.3. The lowest BCUT2D eigenvalue weighted by Crippen LogP contribution is -2.38. The number of carbonyl (C=O) groups is 1. The number of fused-ring (bicyclic) bond motifs is 1. The number of halogens is 2. The van der Waals surface area contributed by atoms with Gasteiger partial charge in [-0.05, 0) is 49.2 Å². The van der Waals surface area contributed by atoms with Crippen molar-refractivity contribution in [2.75, 3.05) is 12.3 Å². The van der Waals surface area contributed by atoms with Crippen LogP contribution < -0.4 is 10.5 Å². The second kappa shape index (κ2) is 9.62. The van der Waals surface area contributed by atoms with Crippen LogP contribution in [0.3, 0.4) is 0 Å². The molecule has 10 heteroatoms. The van der Waals surface area contributed by atoms with Gasteiger partial charge < -0.3 is 15.4 Å². The van der Waals surface area contributed by atoms with Gasteiger partial charge in [0, 0.05) is 12.1 Å². The molecule has 2 N–H and O–H groups in total. The summed E-state index contributed by atoms with van der Waals surface area (Å²) in [6.45, 7) is 1.05. The van der Waals surface area contributed by atoms with Crippen molar-refractivity contribution >= 4 is 22.5 Å². The molecule has 1 aliphatic heterocycles. The fourth-order valence-corrected chi connectivity index (χ4v) is 4.59. The Morgan fingerprint density at radius 1 is 1.17 bits per heavy atom. The molecule has 0 spiro atoms. The molecule has 2 aromatic carbocycles. The maximum atomic E-state index is 14.0. The lowest BCUT2D eigenvalue weighted by Gasteiger charge is -2.24. The van der Waals surface area contributed by atoms with E-state index in [1.807, 2.05) is 6.07 Å². The quantitative estimate of drug-likeness (QED) is 0.423. The molecule has 1 amide bonds. The van der Waals surface area contributed by atoms with Crippen LogP contribution in [0.4, 0.5) is 14.5 Å². The molecule has 1 saturated heterocycles. The van der Waals surface area contributed by atoms with Gasteiger partial charge in [0.2, 0.25) is 5.91 Å². The smallest absolute Gasteiger partial charge is 0.237 e. The minimum absolute atomic E-state index is 0.0883. The number of nitrogen functional groups attached to an aromatic ring is 1. The summed E-state index contributed by atoms with van der Waals surface area (Å²) in [5.41, 5.74) is 8.78. The van der Waals surface area contributed by atoms with Crippen molar-refractivity contribution in [1.29, 1.82) is 5.26 Å². The van der Waals surface area contributed by atoms with Gasteiger partial charge in [0.15, 0.2) is 17.4 Å². The maximum Gasteiger partial charge on any atom is 0.237 e. The van der Waals surface area contributed by atoms with Crippen molar-refractivity contribution in [3.8, 4) is 28.8 Å². The fraction of sp³-hybridized carbons (Fsp3) is 0.231. The van der Waals surface area contributed by atoms with Crippen LogP contribution in [0, 0.1) is 23.0 Å². The number of benzene rings is 2. The van der Waals surface area contributed by atoms with Gasteiger partial charge in [-0.3, -0.25) is 14.5 Å². The third-order valence-electron chi connectivity index (χ3n) is 6.27. The molecule has 0 saturated carbocycles. The molecule has 0 radical (unpaired) electrons.